The predicted molar refractivity (Wildman–Crippen MR) is 168 cm³/mol. The number of para-hydroxylation sites is 1. The van der Waals surface area contributed by atoms with E-state index in [9.17, 15) is 19.5 Å². The number of nitrogens with zero attached hydrogens (tertiary/aromatic N) is 1. The number of rotatable bonds is 16. The van der Waals surface area contributed by atoms with Crippen LogP contribution in [0.1, 0.15) is 86.1 Å². The highest BCUT2D eigenvalue weighted by Gasteiger charge is 2.36. The van der Waals surface area contributed by atoms with E-state index in [-0.39, 0.29) is 37.4 Å². The Morgan fingerprint density at radius 1 is 1.14 bits per heavy atom. The van der Waals surface area contributed by atoms with Gasteiger partial charge in [0.2, 0.25) is 11.8 Å². The van der Waals surface area contributed by atoms with Gasteiger partial charge in [0.25, 0.3) is 0 Å². The number of amides is 3. The summed E-state index contributed by atoms with van der Waals surface area (Å²) in [5.41, 5.74) is 0.677. The lowest BCUT2D eigenvalue weighted by Gasteiger charge is -2.38. The number of carbonyl (C=O) groups is 3. The molecule has 1 unspecified atom stereocenters. The fourth-order valence-corrected chi connectivity index (χ4v) is 5.44. The van der Waals surface area contributed by atoms with Gasteiger partial charge in [0.1, 0.15) is 12.4 Å². The molecular weight excluding hydrogens is 550 g/mol. The van der Waals surface area contributed by atoms with E-state index in [1.54, 1.807) is 34.8 Å². The minimum Gasteiger partial charge on any atom is -0.444 e. The fraction of sp³-hybridized carbons (Fsp3) is 0.727. The fourth-order valence-electron chi connectivity index (χ4n) is 5.44. The van der Waals surface area contributed by atoms with E-state index in [0.29, 0.717) is 26.1 Å². The van der Waals surface area contributed by atoms with E-state index in [1.807, 2.05) is 43.0 Å². The number of unbranched alkanes of at least 4 members (excludes halogenated alkanes) is 1. The molecule has 1 aliphatic heterocycles. The summed E-state index contributed by atoms with van der Waals surface area (Å²) in [5, 5.41) is 17.0. The van der Waals surface area contributed by atoms with Gasteiger partial charge in [-0.2, -0.15) is 0 Å². The van der Waals surface area contributed by atoms with Crippen molar-refractivity contribution in [1.29, 1.82) is 0 Å². The second-order valence-electron chi connectivity index (χ2n) is 13.6. The molecule has 1 aromatic rings. The van der Waals surface area contributed by atoms with E-state index in [4.69, 9.17) is 14.2 Å². The Kier molecular flexibility index (Phi) is 14.4. The molecule has 0 spiro atoms. The summed E-state index contributed by atoms with van der Waals surface area (Å²) in [6.45, 7) is 14.8. The average molecular weight is 606 g/mol. The number of hydrogen-bond donors (Lipinski definition) is 3. The van der Waals surface area contributed by atoms with Crippen LogP contribution in [0.4, 0.5) is 10.5 Å². The van der Waals surface area contributed by atoms with Crippen LogP contribution in [-0.2, 0) is 30.2 Å². The SMILES string of the molecule is CCCCNC(=O)[C@H](C)C[C@H](O)[C@H](CC(C)(C)CC(=O)N1CC(COCOC)Cc2ccccc21)NC(=O)OC(C)(C)C. The first kappa shape index (κ1) is 36.5. The summed E-state index contributed by atoms with van der Waals surface area (Å²) in [4.78, 5) is 41.1. The highest BCUT2D eigenvalue weighted by molar-refractivity contribution is 5.95. The van der Waals surface area contributed by atoms with Crippen molar-refractivity contribution in [2.45, 2.75) is 105 Å². The minimum atomic E-state index is -1.02. The van der Waals surface area contributed by atoms with Crippen molar-refractivity contribution in [2.75, 3.05) is 38.5 Å². The second kappa shape index (κ2) is 17.0. The molecule has 244 valence electrons. The normalized spacial score (nSPS) is 17.4. The zero-order chi connectivity index (χ0) is 32.2. The van der Waals surface area contributed by atoms with Gasteiger partial charge in [0, 0.05) is 44.1 Å². The van der Waals surface area contributed by atoms with Gasteiger partial charge >= 0.3 is 6.09 Å². The van der Waals surface area contributed by atoms with Crippen molar-refractivity contribution in [3.8, 4) is 0 Å². The topological polar surface area (TPSA) is 126 Å². The summed E-state index contributed by atoms with van der Waals surface area (Å²) in [7, 11) is 1.58. The molecule has 3 amide bonds. The van der Waals surface area contributed by atoms with Gasteiger partial charge in [-0.15, -0.1) is 0 Å². The van der Waals surface area contributed by atoms with Crippen molar-refractivity contribution in [3.63, 3.8) is 0 Å². The summed E-state index contributed by atoms with van der Waals surface area (Å²) in [5.74, 6) is -0.499. The van der Waals surface area contributed by atoms with Crippen molar-refractivity contribution < 1.29 is 33.7 Å². The quantitative estimate of drug-likeness (QED) is 0.182. The molecule has 43 heavy (non-hydrogen) atoms. The molecule has 2 rings (SSSR count). The third kappa shape index (κ3) is 12.8. The number of ether oxygens (including phenoxy) is 3. The molecule has 10 nitrogen and oxygen atoms in total. The number of carbonyl (C=O) groups excluding carboxylic acids is 3. The average Bonchev–Trinajstić information content (AvgIpc) is 2.90. The molecule has 3 N–H and O–H groups in total. The smallest absolute Gasteiger partial charge is 0.407 e. The number of fused-ring (bicyclic) bond motifs is 1. The van der Waals surface area contributed by atoms with Gasteiger partial charge in [-0.05, 0) is 63.5 Å². The number of aliphatic hydroxyl groups excluding tert-OH is 1. The van der Waals surface area contributed by atoms with Crippen molar-refractivity contribution in [2.24, 2.45) is 17.3 Å². The molecule has 1 aliphatic rings. The van der Waals surface area contributed by atoms with Crippen LogP contribution in [0.25, 0.3) is 0 Å². The summed E-state index contributed by atoms with van der Waals surface area (Å²) in [6, 6.07) is 7.19. The number of aliphatic hydroxyl groups is 1. The lowest BCUT2D eigenvalue weighted by Crippen LogP contribution is -2.49. The molecule has 4 atom stereocenters. The lowest BCUT2D eigenvalue weighted by molar-refractivity contribution is -0.125. The monoisotopic (exact) mass is 605 g/mol. The Bertz CT molecular complexity index is 1040. The van der Waals surface area contributed by atoms with E-state index in [1.165, 1.54) is 0 Å². The van der Waals surface area contributed by atoms with Gasteiger partial charge in [0.05, 0.1) is 18.8 Å². The number of methoxy groups -OCH3 is 1. The van der Waals surface area contributed by atoms with Crippen molar-refractivity contribution >= 4 is 23.6 Å². The molecule has 0 fully saturated rings. The van der Waals surface area contributed by atoms with E-state index >= 15 is 0 Å². The Morgan fingerprint density at radius 2 is 1.84 bits per heavy atom. The Hall–Kier alpha value is -2.69. The van der Waals surface area contributed by atoms with Gasteiger partial charge in [0.15, 0.2) is 0 Å². The van der Waals surface area contributed by atoms with Crippen LogP contribution in [0.3, 0.4) is 0 Å². The summed E-state index contributed by atoms with van der Waals surface area (Å²) < 4.78 is 16.1. The van der Waals surface area contributed by atoms with Crippen molar-refractivity contribution in [1.82, 2.24) is 10.6 Å². The number of nitrogens with one attached hydrogen (secondary N) is 2. The summed E-state index contributed by atoms with van der Waals surface area (Å²) >= 11 is 0. The largest absolute Gasteiger partial charge is 0.444 e. The zero-order valence-electron chi connectivity index (χ0n) is 27.5. The third-order valence-electron chi connectivity index (χ3n) is 7.53. The molecular formula is C33H55N3O7. The number of benzene rings is 1. The molecule has 0 aromatic heterocycles. The van der Waals surface area contributed by atoms with Gasteiger partial charge in [-0.1, -0.05) is 52.3 Å². The molecule has 0 saturated heterocycles. The molecule has 10 heteroatoms. The van der Waals surface area contributed by atoms with Crippen molar-refractivity contribution in [3.05, 3.63) is 29.8 Å². The maximum absolute atomic E-state index is 13.8. The molecule has 1 aromatic carbocycles. The van der Waals surface area contributed by atoms with Gasteiger partial charge < -0.3 is 34.9 Å². The number of anilines is 1. The number of hydrogen-bond acceptors (Lipinski definition) is 7. The first-order chi connectivity index (χ1) is 20.2. The first-order valence-electron chi connectivity index (χ1n) is 15.6. The van der Waals surface area contributed by atoms with Crippen LogP contribution in [0.2, 0.25) is 0 Å². The predicted octanol–water partition coefficient (Wildman–Crippen LogP) is 4.82. The van der Waals surface area contributed by atoms with Crippen LogP contribution in [0, 0.1) is 17.3 Å². The molecule has 0 saturated carbocycles. The first-order valence-corrected chi connectivity index (χ1v) is 15.6. The van der Waals surface area contributed by atoms with E-state index in [0.717, 1.165) is 30.5 Å². The Labute approximate surface area is 258 Å². The summed E-state index contributed by atoms with van der Waals surface area (Å²) in [6.07, 6.45) is 1.65. The molecule has 0 aliphatic carbocycles. The van der Waals surface area contributed by atoms with Gasteiger partial charge in [-0.3, -0.25) is 9.59 Å². The maximum atomic E-state index is 13.8. The third-order valence-corrected chi connectivity index (χ3v) is 7.53. The van der Waals surface area contributed by atoms with E-state index < -0.39 is 35.2 Å². The lowest BCUT2D eigenvalue weighted by atomic mass is 9.79. The Morgan fingerprint density at radius 3 is 2.49 bits per heavy atom. The van der Waals surface area contributed by atoms with Crippen LogP contribution in [-0.4, -0.2) is 74.4 Å². The van der Waals surface area contributed by atoms with Crippen LogP contribution in [0.5, 0.6) is 0 Å². The highest BCUT2D eigenvalue weighted by atomic mass is 16.7. The van der Waals surface area contributed by atoms with Gasteiger partial charge in [-0.25, -0.2) is 4.79 Å². The minimum absolute atomic E-state index is 0.0388. The zero-order valence-corrected chi connectivity index (χ0v) is 27.5. The Balaban J connectivity index is 2.18. The highest BCUT2D eigenvalue weighted by Crippen LogP contribution is 2.35. The molecule has 0 bridgehead atoms. The molecule has 1 heterocycles. The van der Waals surface area contributed by atoms with Crippen LogP contribution < -0.4 is 15.5 Å². The molecule has 0 radical (unpaired) electrons. The van der Waals surface area contributed by atoms with E-state index in [2.05, 4.69) is 17.6 Å². The maximum Gasteiger partial charge on any atom is 0.407 e. The number of alkyl carbamates (subject to hydrolysis) is 1. The second-order valence-corrected chi connectivity index (χ2v) is 13.6. The van der Waals surface area contributed by atoms with Crippen LogP contribution >= 0.6 is 0 Å². The van der Waals surface area contributed by atoms with Crippen LogP contribution in [0.15, 0.2) is 24.3 Å². The standard InChI is InChI=1S/C33H55N3O7/c1-9-10-15-34-30(39)23(2)16-28(37)26(35-31(40)43-32(3,4)5)18-33(6,7)19-29(38)36-20-24(21-42-22-41-8)17-25-13-11-12-14-27(25)36/h11-14,23-24,26,28,37H,9-10,15-22H2,1-8H3,(H,34,39)(H,35,40)/t23-,24?,26+,28+/m1/s1.